The number of unbranched alkanes of at least 4 members (excludes halogenated alkanes) is 1. The van der Waals surface area contributed by atoms with Crippen molar-refractivity contribution < 1.29 is 26.0 Å². The summed E-state index contributed by atoms with van der Waals surface area (Å²) < 4.78 is 40.7. The molecule has 0 aromatic heterocycles. The monoisotopic (exact) mass is 242 g/mol. The smallest absolute Gasteiger partial charge is 0.437 e. The zero-order valence-corrected chi connectivity index (χ0v) is 9.55. The van der Waals surface area contributed by atoms with E-state index in [1.807, 2.05) is 6.92 Å². The number of hydrogen-bond acceptors (Lipinski definition) is 5. The van der Waals surface area contributed by atoms with Gasteiger partial charge in [0.25, 0.3) is 0 Å². The summed E-state index contributed by atoms with van der Waals surface area (Å²) in [5.74, 6) is -0.598. The summed E-state index contributed by atoms with van der Waals surface area (Å²) in [7, 11) is -5.00. The molecule has 0 N–H and O–H groups in total. The maximum atomic E-state index is 12.0. The third-order valence-electron chi connectivity index (χ3n) is 1.49. The first-order valence-corrected chi connectivity index (χ1v) is 5.94. The first kappa shape index (κ1) is 14.3. The lowest BCUT2D eigenvalue weighted by molar-refractivity contribution is -0.145. The largest absolute Gasteiger partial charge is 0.466 e. The van der Waals surface area contributed by atoms with Gasteiger partial charge in [0.15, 0.2) is 0 Å². The summed E-state index contributed by atoms with van der Waals surface area (Å²) in [6.07, 6.45) is 0.294. The molecule has 0 saturated heterocycles. The maximum Gasteiger partial charge on any atom is 0.437 e. The molecule has 0 fully saturated rings. The lowest BCUT2D eigenvalue weighted by Crippen LogP contribution is -2.18. The van der Waals surface area contributed by atoms with Gasteiger partial charge in [-0.2, -0.15) is 8.42 Å². The fraction of sp³-hybridized carbons (Fsp3) is 0.875. The summed E-state index contributed by atoms with van der Waals surface area (Å²) in [5, 5.41) is 0. The van der Waals surface area contributed by atoms with Crippen LogP contribution < -0.4 is 0 Å². The number of esters is 1. The summed E-state index contributed by atoms with van der Waals surface area (Å²) >= 11 is 0. The van der Waals surface area contributed by atoms with Crippen molar-refractivity contribution >= 4 is 16.5 Å². The third kappa shape index (κ3) is 9.61. The SMILES string of the molecule is CCCCOC(=O)C[C@H](C)OS(=O)(=O)F. The Kier molecular flexibility index (Phi) is 6.42. The van der Waals surface area contributed by atoms with E-state index < -0.39 is 22.6 Å². The molecule has 0 aliphatic rings. The van der Waals surface area contributed by atoms with Crippen molar-refractivity contribution in [1.29, 1.82) is 0 Å². The zero-order valence-electron chi connectivity index (χ0n) is 8.73. The lowest BCUT2D eigenvalue weighted by Gasteiger charge is -2.08. The van der Waals surface area contributed by atoms with Gasteiger partial charge in [0, 0.05) is 0 Å². The van der Waals surface area contributed by atoms with E-state index >= 15 is 0 Å². The molecule has 0 rings (SSSR count). The van der Waals surface area contributed by atoms with Gasteiger partial charge in [0.1, 0.15) is 0 Å². The Hall–Kier alpha value is -0.690. The van der Waals surface area contributed by atoms with Crippen LogP contribution >= 0.6 is 0 Å². The van der Waals surface area contributed by atoms with Crippen molar-refractivity contribution in [2.45, 2.75) is 39.2 Å². The van der Waals surface area contributed by atoms with Gasteiger partial charge in [-0.15, -0.1) is 0 Å². The molecule has 0 spiro atoms. The summed E-state index contributed by atoms with van der Waals surface area (Å²) in [6.45, 7) is 3.50. The Morgan fingerprint density at radius 1 is 1.47 bits per heavy atom. The second-order valence-corrected chi connectivity index (χ2v) is 4.06. The van der Waals surface area contributed by atoms with Crippen LogP contribution in [-0.2, 0) is 24.2 Å². The van der Waals surface area contributed by atoms with Gasteiger partial charge in [0.2, 0.25) is 0 Å². The van der Waals surface area contributed by atoms with Crippen molar-refractivity contribution in [3.05, 3.63) is 0 Å². The van der Waals surface area contributed by atoms with E-state index in [9.17, 15) is 17.1 Å². The molecule has 1 atom stereocenters. The highest BCUT2D eigenvalue weighted by atomic mass is 32.3. The zero-order chi connectivity index (χ0) is 11.9. The highest BCUT2D eigenvalue weighted by Crippen LogP contribution is 2.06. The predicted octanol–water partition coefficient (Wildman–Crippen LogP) is 1.34. The standard InChI is InChI=1S/C8H15FO5S/c1-3-4-5-13-8(10)6-7(2)14-15(9,11)12/h7H,3-6H2,1-2H3/t7-/m0/s1. The molecule has 0 amide bonds. The Labute approximate surface area is 89.0 Å². The molecular weight excluding hydrogens is 227 g/mol. The van der Waals surface area contributed by atoms with Crippen molar-refractivity contribution in [1.82, 2.24) is 0 Å². The van der Waals surface area contributed by atoms with E-state index in [2.05, 4.69) is 4.18 Å². The molecule has 0 bridgehead atoms. The lowest BCUT2D eigenvalue weighted by atomic mass is 10.3. The Morgan fingerprint density at radius 3 is 2.53 bits per heavy atom. The van der Waals surface area contributed by atoms with Crippen LogP contribution in [0.1, 0.15) is 33.1 Å². The minimum Gasteiger partial charge on any atom is -0.466 e. The molecule has 0 aliphatic carbocycles. The highest BCUT2D eigenvalue weighted by Gasteiger charge is 2.17. The van der Waals surface area contributed by atoms with E-state index in [0.717, 1.165) is 12.8 Å². The Morgan fingerprint density at radius 2 is 2.07 bits per heavy atom. The van der Waals surface area contributed by atoms with E-state index in [1.54, 1.807) is 0 Å². The number of halogens is 1. The van der Waals surface area contributed by atoms with Crippen LogP contribution in [0.3, 0.4) is 0 Å². The average Bonchev–Trinajstić information content (AvgIpc) is 2.00. The summed E-state index contributed by atoms with van der Waals surface area (Å²) in [5.41, 5.74) is 0. The molecule has 0 aromatic rings. The second-order valence-electron chi connectivity index (χ2n) is 3.08. The van der Waals surface area contributed by atoms with Gasteiger partial charge in [-0.1, -0.05) is 17.2 Å². The van der Waals surface area contributed by atoms with Gasteiger partial charge in [-0.25, -0.2) is 4.18 Å². The topological polar surface area (TPSA) is 69.7 Å². The molecule has 0 aromatic carbocycles. The van der Waals surface area contributed by atoms with Crippen LogP contribution in [-0.4, -0.2) is 27.1 Å². The predicted molar refractivity (Wildman–Crippen MR) is 51.1 cm³/mol. The van der Waals surface area contributed by atoms with E-state index in [0.29, 0.717) is 0 Å². The first-order chi connectivity index (χ1) is 6.85. The minimum atomic E-state index is -5.00. The fourth-order valence-corrected chi connectivity index (χ4v) is 1.31. The van der Waals surface area contributed by atoms with Gasteiger partial charge in [-0.3, -0.25) is 4.79 Å². The van der Waals surface area contributed by atoms with Crippen LogP contribution in [0.25, 0.3) is 0 Å². The summed E-state index contributed by atoms with van der Waals surface area (Å²) in [6, 6.07) is 0. The van der Waals surface area contributed by atoms with Gasteiger partial charge >= 0.3 is 16.5 Å². The van der Waals surface area contributed by atoms with Crippen molar-refractivity contribution in [3.63, 3.8) is 0 Å². The molecule has 0 radical (unpaired) electrons. The normalized spacial score (nSPS) is 13.5. The van der Waals surface area contributed by atoms with Crippen LogP contribution in [0.5, 0.6) is 0 Å². The molecule has 0 heterocycles. The number of carbonyl (C=O) groups excluding carboxylic acids is 1. The van der Waals surface area contributed by atoms with Gasteiger partial charge in [-0.05, 0) is 13.3 Å². The average molecular weight is 242 g/mol. The van der Waals surface area contributed by atoms with Crippen molar-refractivity contribution in [2.75, 3.05) is 6.61 Å². The van der Waals surface area contributed by atoms with E-state index in [4.69, 9.17) is 4.74 Å². The molecule has 90 valence electrons. The number of rotatable bonds is 7. The summed E-state index contributed by atoms with van der Waals surface area (Å²) in [4.78, 5) is 11.0. The second kappa shape index (κ2) is 6.73. The quantitative estimate of drug-likeness (QED) is 0.383. The molecule has 7 heteroatoms. The van der Waals surface area contributed by atoms with Crippen LogP contribution in [0.2, 0.25) is 0 Å². The minimum absolute atomic E-state index is 0.282. The maximum absolute atomic E-state index is 12.0. The van der Waals surface area contributed by atoms with Crippen LogP contribution in [0.4, 0.5) is 3.89 Å². The Bertz CT molecular complexity index is 287. The molecule has 15 heavy (non-hydrogen) atoms. The van der Waals surface area contributed by atoms with Crippen LogP contribution in [0.15, 0.2) is 0 Å². The molecule has 0 aliphatic heterocycles. The van der Waals surface area contributed by atoms with Crippen molar-refractivity contribution in [3.8, 4) is 0 Å². The molecule has 0 unspecified atom stereocenters. The molecule has 5 nitrogen and oxygen atoms in total. The number of carbonyl (C=O) groups is 1. The third-order valence-corrected chi connectivity index (χ3v) is 2.05. The number of hydrogen-bond donors (Lipinski definition) is 0. The number of ether oxygens (including phenoxy) is 1. The van der Waals surface area contributed by atoms with Gasteiger partial charge in [0.05, 0.1) is 19.1 Å². The molecular formula is C8H15FO5S. The first-order valence-electron chi connectivity index (χ1n) is 4.63. The van der Waals surface area contributed by atoms with Crippen LogP contribution in [0, 0.1) is 0 Å². The van der Waals surface area contributed by atoms with E-state index in [1.165, 1.54) is 6.92 Å². The highest BCUT2D eigenvalue weighted by molar-refractivity contribution is 7.81. The van der Waals surface area contributed by atoms with Gasteiger partial charge < -0.3 is 4.74 Å². The van der Waals surface area contributed by atoms with Crippen molar-refractivity contribution in [2.24, 2.45) is 0 Å². The molecule has 0 saturated carbocycles. The fourth-order valence-electron chi connectivity index (χ4n) is 0.854. The Balaban J connectivity index is 3.77. The van der Waals surface area contributed by atoms with E-state index in [-0.39, 0.29) is 13.0 Å².